The molecule has 19 heavy (non-hydrogen) atoms. The monoisotopic (exact) mass is 263 g/mol. The molecule has 2 rings (SSSR count). The van der Waals surface area contributed by atoms with Crippen LogP contribution in [0.2, 0.25) is 0 Å². The lowest BCUT2D eigenvalue weighted by Gasteiger charge is -2.28. The summed E-state index contributed by atoms with van der Waals surface area (Å²) in [5.41, 5.74) is 0.408. The number of aromatic nitrogens is 1. The zero-order valence-corrected chi connectivity index (χ0v) is 11.8. The average Bonchev–Trinajstić information content (AvgIpc) is 2.38. The summed E-state index contributed by atoms with van der Waals surface area (Å²) in [6.45, 7) is 8.95. The van der Waals surface area contributed by atoms with Crippen LogP contribution >= 0.6 is 0 Å². The van der Waals surface area contributed by atoms with E-state index in [0.29, 0.717) is 18.8 Å². The molecule has 1 saturated heterocycles. The van der Waals surface area contributed by atoms with Crippen molar-refractivity contribution < 1.29 is 9.53 Å². The first kappa shape index (κ1) is 13.8. The second kappa shape index (κ2) is 5.57. The van der Waals surface area contributed by atoms with Gasteiger partial charge < -0.3 is 15.0 Å². The third-order valence-corrected chi connectivity index (χ3v) is 2.83. The zero-order chi connectivity index (χ0) is 13.9. The van der Waals surface area contributed by atoms with E-state index in [1.54, 1.807) is 12.3 Å². The van der Waals surface area contributed by atoms with Crippen LogP contribution in [0, 0.1) is 0 Å². The summed E-state index contributed by atoms with van der Waals surface area (Å²) < 4.78 is 5.32. The fourth-order valence-electron chi connectivity index (χ4n) is 1.94. The van der Waals surface area contributed by atoms with Crippen molar-refractivity contribution in [2.24, 2.45) is 0 Å². The number of hydrogen-bond acceptors (Lipinski definition) is 4. The van der Waals surface area contributed by atoms with E-state index in [0.717, 1.165) is 18.9 Å². The van der Waals surface area contributed by atoms with E-state index >= 15 is 0 Å². The molecule has 1 aliphatic rings. The molecule has 1 N–H and O–H groups in total. The first-order valence-electron chi connectivity index (χ1n) is 6.57. The molecule has 1 amide bonds. The van der Waals surface area contributed by atoms with Crippen LogP contribution in [0.4, 0.5) is 5.82 Å². The van der Waals surface area contributed by atoms with Gasteiger partial charge in [-0.25, -0.2) is 4.98 Å². The summed E-state index contributed by atoms with van der Waals surface area (Å²) in [5, 5.41) is 2.96. The maximum absolute atomic E-state index is 12.1. The molecule has 1 aliphatic heterocycles. The Hall–Kier alpha value is -1.62. The highest BCUT2D eigenvalue weighted by Gasteiger charge is 2.17. The largest absolute Gasteiger partial charge is 0.378 e. The molecule has 0 saturated carbocycles. The van der Waals surface area contributed by atoms with Crippen molar-refractivity contribution >= 4 is 11.7 Å². The Morgan fingerprint density at radius 2 is 2.05 bits per heavy atom. The third kappa shape index (κ3) is 3.92. The number of amides is 1. The van der Waals surface area contributed by atoms with Crippen molar-refractivity contribution in [3.8, 4) is 0 Å². The Bertz CT molecular complexity index is 448. The van der Waals surface area contributed by atoms with Crippen LogP contribution in [0.3, 0.4) is 0 Å². The fraction of sp³-hybridized carbons (Fsp3) is 0.571. The van der Waals surface area contributed by atoms with Gasteiger partial charge in [-0.05, 0) is 32.9 Å². The lowest BCUT2D eigenvalue weighted by Crippen LogP contribution is -2.41. The predicted molar refractivity (Wildman–Crippen MR) is 74.5 cm³/mol. The molecule has 0 spiro atoms. The molecule has 104 valence electrons. The molecular weight excluding hydrogens is 242 g/mol. The molecule has 1 aromatic heterocycles. The van der Waals surface area contributed by atoms with Gasteiger partial charge in [-0.15, -0.1) is 0 Å². The molecule has 0 radical (unpaired) electrons. The van der Waals surface area contributed by atoms with Gasteiger partial charge in [0.15, 0.2) is 0 Å². The summed E-state index contributed by atoms with van der Waals surface area (Å²) in [7, 11) is 0. The second-order valence-corrected chi connectivity index (χ2v) is 5.71. The highest BCUT2D eigenvalue weighted by molar-refractivity contribution is 5.95. The molecular formula is C14H21N3O2. The van der Waals surface area contributed by atoms with Crippen LogP contribution in [0.5, 0.6) is 0 Å². The molecule has 5 nitrogen and oxygen atoms in total. The number of rotatable bonds is 2. The van der Waals surface area contributed by atoms with Crippen molar-refractivity contribution in [1.82, 2.24) is 10.3 Å². The van der Waals surface area contributed by atoms with Crippen molar-refractivity contribution in [1.29, 1.82) is 0 Å². The van der Waals surface area contributed by atoms with Gasteiger partial charge in [-0.3, -0.25) is 4.79 Å². The van der Waals surface area contributed by atoms with Gasteiger partial charge >= 0.3 is 0 Å². The van der Waals surface area contributed by atoms with Crippen molar-refractivity contribution in [2.45, 2.75) is 26.3 Å². The zero-order valence-electron chi connectivity index (χ0n) is 11.8. The Labute approximate surface area is 114 Å². The number of nitrogens with zero attached hydrogens (tertiary/aromatic N) is 2. The first-order chi connectivity index (χ1) is 8.96. The summed E-state index contributed by atoms with van der Waals surface area (Å²) in [5.74, 6) is 0.772. The molecule has 5 heteroatoms. The highest BCUT2D eigenvalue weighted by atomic mass is 16.5. The molecule has 0 aromatic carbocycles. The highest BCUT2D eigenvalue weighted by Crippen LogP contribution is 2.15. The number of carbonyl (C=O) groups excluding carboxylic acids is 1. The number of anilines is 1. The Kier molecular flexibility index (Phi) is 4.04. The van der Waals surface area contributed by atoms with Gasteiger partial charge in [0.05, 0.1) is 13.2 Å². The lowest BCUT2D eigenvalue weighted by molar-refractivity contribution is 0.0919. The minimum atomic E-state index is -0.237. The predicted octanol–water partition coefficient (Wildman–Crippen LogP) is 1.45. The summed E-state index contributed by atoms with van der Waals surface area (Å²) in [6.07, 6.45) is 1.68. The van der Waals surface area contributed by atoms with Crippen LogP contribution in [-0.4, -0.2) is 42.7 Å². The van der Waals surface area contributed by atoms with Gasteiger partial charge in [0.25, 0.3) is 5.91 Å². The minimum Gasteiger partial charge on any atom is -0.378 e. The standard InChI is InChI=1S/C14H21N3O2/c1-14(2,3)16-13(18)11-4-5-15-12(10-11)17-6-8-19-9-7-17/h4-5,10H,6-9H2,1-3H3,(H,16,18). The number of ether oxygens (including phenoxy) is 1. The maximum Gasteiger partial charge on any atom is 0.251 e. The van der Waals surface area contributed by atoms with Crippen molar-refractivity contribution in [3.63, 3.8) is 0 Å². The molecule has 1 aromatic rings. The number of carbonyl (C=O) groups is 1. The van der Waals surface area contributed by atoms with E-state index in [-0.39, 0.29) is 11.4 Å². The van der Waals surface area contributed by atoms with Gasteiger partial charge in [0.2, 0.25) is 0 Å². The van der Waals surface area contributed by atoms with Gasteiger partial charge in [-0.2, -0.15) is 0 Å². The van der Waals surface area contributed by atoms with E-state index in [2.05, 4.69) is 15.2 Å². The van der Waals surface area contributed by atoms with Crippen LogP contribution in [0.25, 0.3) is 0 Å². The minimum absolute atomic E-state index is 0.0654. The molecule has 2 heterocycles. The molecule has 0 atom stereocenters. The van der Waals surface area contributed by atoms with Crippen LogP contribution < -0.4 is 10.2 Å². The Morgan fingerprint density at radius 3 is 2.68 bits per heavy atom. The lowest BCUT2D eigenvalue weighted by atomic mass is 10.1. The van der Waals surface area contributed by atoms with Crippen LogP contribution in [-0.2, 0) is 4.74 Å². The topological polar surface area (TPSA) is 54.5 Å². The molecule has 0 bridgehead atoms. The first-order valence-corrected chi connectivity index (χ1v) is 6.57. The van der Waals surface area contributed by atoms with E-state index in [4.69, 9.17) is 4.74 Å². The van der Waals surface area contributed by atoms with Crippen LogP contribution in [0.15, 0.2) is 18.3 Å². The Balaban J connectivity index is 2.12. The van der Waals surface area contributed by atoms with Gasteiger partial charge in [0, 0.05) is 30.4 Å². The van der Waals surface area contributed by atoms with Gasteiger partial charge in [-0.1, -0.05) is 0 Å². The molecule has 0 unspecified atom stereocenters. The summed E-state index contributed by atoms with van der Waals surface area (Å²) >= 11 is 0. The van der Waals surface area contributed by atoms with Crippen molar-refractivity contribution in [3.05, 3.63) is 23.9 Å². The van der Waals surface area contributed by atoms with E-state index in [1.807, 2.05) is 26.8 Å². The SMILES string of the molecule is CC(C)(C)NC(=O)c1ccnc(N2CCOCC2)c1. The summed E-state index contributed by atoms with van der Waals surface area (Å²) in [4.78, 5) is 18.6. The second-order valence-electron chi connectivity index (χ2n) is 5.71. The number of pyridine rings is 1. The van der Waals surface area contributed by atoms with Crippen LogP contribution in [0.1, 0.15) is 31.1 Å². The summed E-state index contributed by atoms with van der Waals surface area (Å²) in [6, 6.07) is 3.58. The fourth-order valence-corrected chi connectivity index (χ4v) is 1.94. The number of hydrogen-bond donors (Lipinski definition) is 1. The third-order valence-electron chi connectivity index (χ3n) is 2.83. The number of nitrogens with one attached hydrogen (secondary N) is 1. The quantitative estimate of drug-likeness (QED) is 0.877. The average molecular weight is 263 g/mol. The number of morpholine rings is 1. The van der Waals surface area contributed by atoms with E-state index in [1.165, 1.54) is 0 Å². The molecule has 1 fully saturated rings. The maximum atomic E-state index is 12.1. The molecule has 0 aliphatic carbocycles. The normalized spacial score (nSPS) is 16.3. The Morgan fingerprint density at radius 1 is 1.37 bits per heavy atom. The smallest absolute Gasteiger partial charge is 0.251 e. The van der Waals surface area contributed by atoms with E-state index in [9.17, 15) is 4.79 Å². The van der Waals surface area contributed by atoms with Gasteiger partial charge in [0.1, 0.15) is 5.82 Å². The van der Waals surface area contributed by atoms with Crippen molar-refractivity contribution in [2.75, 3.05) is 31.2 Å². The van der Waals surface area contributed by atoms with E-state index < -0.39 is 0 Å².